The fourth-order valence-corrected chi connectivity index (χ4v) is 2.24. The van der Waals surface area contributed by atoms with E-state index in [0.29, 0.717) is 23.2 Å². The number of oxazole rings is 1. The van der Waals surface area contributed by atoms with Crippen molar-refractivity contribution in [2.24, 2.45) is 5.73 Å². The molecule has 1 amide bonds. The van der Waals surface area contributed by atoms with E-state index in [0.717, 1.165) is 18.4 Å². The first-order valence-electron chi connectivity index (χ1n) is 7.71. The van der Waals surface area contributed by atoms with E-state index in [9.17, 15) is 4.79 Å². The van der Waals surface area contributed by atoms with Crippen LogP contribution in [-0.2, 0) is 11.2 Å². The van der Waals surface area contributed by atoms with Gasteiger partial charge >= 0.3 is 0 Å². The first-order valence-corrected chi connectivity index (χ1v) is 8.09. The largest absolute Gasteiger partial charge is 0.444 e. The summed E-state index contributed by atoms with van der Waals surface area (Å²) in [6, 6.07) is 7.18. The summed E-state index contributed by atoms with van der Waals surface area (Å²) in [5.74, 6) is 0.359. The molecule has 0 saturated heterocycles. The lowest BCUT2D eigenvalue weighted by molar-refractivity contribution is -0.120. The topological polar surface area (TPSA) is 81.1 Å². The molecular weight excluding hydrogens is 314 g/mol. The molecule has 1 aromatic heterocycles. The Bertz CT molecular complexity index is 648. The standard InChI is InChI=1S/C17H22ClN3O2/c1-3-17(19,4-2)11-20-15(22)9-14-10-23-16(21-14)12-5-7-13(18)8-6-12/h5-8,10H,3-4,9,11,19H2,1-2H3,(H,20,22). The average molecular weight is 336 g/mol. The molecule has 5 nitrogen and oxygen atoms in total. The fraction of sp³-hybridized carbons (Fsp3) is 0.412. The summed E-state index contributed by atoms with van der Waals surface area (Å²) in [5, 5.41) is 3.52. The summed E-state index contributed by atoms with van der Waals surface area (Å²) in [7, 11) is 0. The minimum atomic E-state index is -0.353. The normalized spacial score (nSPS) is 11.5. The quantitative estimate of drug-likeness (QED) is 0.814. The van der Waals surface area contributed by atoms with Crippen LogP contribution in [0.3, 0.4) is 0 Å². The van der Waals surface area contributed by atoms with E-state index in [1.165, 1.54) is 6.26 Å². The molecule has 2 rings (SSSR count). The monoisotopic (exact) mass is 335 g/mol. The van der Waals surface area contributed by atoms with Gasteiger partial charge in [-0.1, -0.05) is 25.4 Å². The van der Waals surface area contributed by atoms with Gasteiger partial charge in [0.2, 0.25) is 11.8 Å². The summed E-state index contributed by atoms with van der Waals surface area (Å²) in [5.41, 5.74) is 7.22. The second-order valence-corrected chi connectivity index (χ2v) is 6.11. The van der Waals surface area contributed by atoms with Gasteiger partial charge in [0.1, 0.15) is 6.26 Å². The van der Waals surface area contributed by atoms with Gasteiger partial charge in [-0.2, -0.15) is 0 Å². The van der Waals surface area contributed by atoms with Crippen LogP contribution in [-0.4, -0.2) is 23.0 Å². The molecule has 0 atom stereocenters. The molecule has 0 spiro atoms. The van der Waals surface area contributed by atoms with Crippen LogP contribution in [0.15, 0.2) is 34.9 Å². The molecule has 0 saturated carbocycles. The number of nitrogens with two attached hydrogens (primary N) is 1. The molecule has 3 N–H and O–H groups in total. The van der Waals surface area contributed by atoms with E-state index >= 15 is 0 Å². The summed E-state index contributed by atoms with van der Waals surface area (Å²) in [6.45, 7) is 4.50. The Balaban J connectivity index is 1.94. The van der Waals surface area contributed by atoms with Crippen molar-refractivity contribution in [2.75, 3.05) is 6.54 Å². The van der Waals surface area contributed by atoms with Crippen LogP contribution < -0.4 is 11.1 Å². The summed E-state index contributed by atoms with van der Waals surface area (Å²) >= 11 is 5.85. The van der Waals surface area contributed by atoms with Crippen LogP contribution in [0.25, 0.3) is 11.5 Å². The number of hydrogen-bond donors (Lipinski definition) is 2. The number of aromatic nitrogens is 1. The zero-order valence-electron chi connectivity index (χ0n) is 13.4. The minimum absolute atomic E-state index is 0.113. The number of nitrogens with one attached hydrogen (secondary N) is 1. The highest BCUT2D eigenvalue weighted by atomic mass is 35.5. The van der Waals surface area contributed by atoms with E-state index in [4.69, 9.17) is 21.8 Å². The molecule has 0 radical (unpaired) electrons. The Morgan fingerprint density at radius 2 is 1.96 bits per heavy atom. The van der Waals surface area contributed by atoms with Crippen molar-refractivity contribution in [2.45, 2.75) is 38.6 Å². The van der Waals surface area contributed by atoms with Crippen molar-refractivity contribution in [1.29, 1.82) is 0 Å². The van der Waals surface area contributed by atoms with Crippen LogP contribution in [0.2, 0.25) is 5.02 Å². The molecule has 23 heavy (non-hydrogen) atoms. The van der Waals surface area contributed by atoms with Crippen molar-refractivity contribution < 1.29 is 9.21 Å². The number of nitrogens with zero attached hydrogens (tertiary/aromatic N) is 1. The van der Waals surface area contributed by atoms with E-state index in [1.54, 1.807) is 12.1 Å². The first kappa shape index (κ1) is 17.5. The summed E-state index contributed by atoms with van der Waals surface area (Å²) in [4.78, 5) is 16.3. The molecule has 0 aliphatic carbocycles. The predicted molar refractivity (Wildman–Crippen MR) is 91.2 cm³/mol. The highest BCUT2D eigenvalue weighted by molar-refractivity contribution is 6.30. The lowest BCUT2D eigenvalue weighted by Gasteiger charge is -2.26. The first-order chi connectivity index (χ1) is 11.0. The van der Waals surface area contributed by atoms with Crippen LogP contribution in [0.4, 0.5) is 0 Å². The second-order valence-electron chi connectivity index (χ2n) is 5.67. The van der Waals surface area contributed by atoms with E-state index in [-0.39, 0.29) is 17.9 Å². The maximum Gasteiger partial charge on any atom is 0.226 e. The molecule has 124 valence electrons. The number of hydrogen-bond acceptors (Lipinski definition) is 4. The van der Waals surface area contributed by atoms with Gasteiger partial charge in [-0.3, -0.25) is 4.79 Å². The molecule has 6 heteroatoms. The third kappa shape index (κ3) is 4.81. The summed E-state index contributed by atoms with van der Waals surface area (Å²) in [6.07, 6.45) is 3.29. The number of carbonyl (C=O) groups excluding carboxylic acids is 1. The maximum absolute atomic E-state index is 12.0. The van der Waals surface area contributed by atoms with Crippen molar-refractivity contribution in [3.05, 3.63) is 41.2 Å². The van der Waals surface area contributed by atoms with E-state index in [1.807, 2.05) is 26.0 Å². The Labute approximate surface area is 141 Å². The van der Waals surface area contributed by atoms with Crippen molar-refractivity contribution >= 4 is 17.5 Å². The number of halogens is 1. The predicted octanol–water partition coefficient (Wildman–Crippen LogP) is 3.17. The molecule has 1 heterocycles. The van der Waals surface area contributed by atoms with Crippen LogP contribution in [0, 0.1) is 0 Å². The third-order valence-corrected chi connectivity index (χ3v) is 4.28. The number of rotatable bonds is 7. The SMILES string of the molecule is CCC(N)(CC)CNC(=O)Cc1coc(-c2ccc(Cl)cc2)n1. The molecular formula is C17H22ClN3O2. The van der Waals surface area contributed by atoms with Crippen molar-refractivity contribution in [3.8, 4) is 11.5 Å². The lowest BCUT2D eigenvalue weighted by atomic mass is 9.94. The Hall–Kier alpha value is -1.85. The molecule has 0 bridgehead atoms. The zero-order chi connectivity index (χ0) is 16.9. The Morgan fingerprint density at radius 3 is 2.57 bits per heavy atom. The molecule has 0 aliphatic heterocycles. The minimum Gasteiger partial charge on any atom is -0.444 e. The molecule has 2 aromatic rings. The Kier molecular flexibility index (Phi) is 5.80. The molecule has 1 aromatic carbocycles. The van der Waals surface area contributed by atoms with Gasteiger partial charge in [-0.05, 0) is 37.1 Å². The highest BCUT2D eigenvalue weighted by Crippen LogP contribution is 2.21. The summed E-state index contributed by atoms with van der Waals surface area (Å²) < 4.78 is 5.42. The van der Waals surface area contributed by atoms with Gasteiger partial charge in [-0.25, -0.2) is 4.98 Å². The number of amides is 1. The Morgan fingerprint density at radius 1 is 1.30 bits per heavy atom. The zero-order valence-corrected chi connectivity index (χ0v) is 14.2. The van der Waals surface area contributed by atoms with E-state index < -0.39 is 0 Å². The number of benzene rings is 1. The third-order valence-electron chi connectivity index (χ3n) is 4.03. The highest BCUT2D eigenvalue weighted by Gasteiger charge is 2.21. The van der Waals surface area contributed by atoms with Crippen molar-refractivity contribution in [3.63, 3.8) is 0 Å². The van der Waals surface area contributed by atoms with Crippen molar-refractivity contribution in [1.82, 2.24) is 10.3 Å². The van der Waals surface area contributed by atoms with Gasteiger partial charge in [0.15, 0.2) is 0 Å². The smallest absolute Gasteiger partial charge is 0.226 e. The average Bonchev–Trinajstić information content (AvgIpc) is 3.01. The van der Waals surface area contributed by atoms with E-state index in [2.05, 4.69) is 10.3 Å². The lowest BCUT2D eigenvalue weighted by Crippen LogP contribution is -2.49. The van der Waals surface area contributed by atoms with Gasteiger partial charge in [0, 0.05) is 22.7 Å². The second kappa shape index (κ2) is 7.62. The van der Waals surface area contributed by atoms with Crippen LogP contribution in [0.5, 0.6) is 0 Å². The molecule has 0 unspecified atom stereocenters. The fourth-order valence-electron chi connectivity index (χ4n) is 2.11. The van der Waals surface area contributed by atoms with Gasteiger partial charge in [-0.15, -0.1) is 0 Å². The van der Waals surface area contributed by atoms with Gasteiger partial charge in [0.05, 0.1) is 12.1 Å². The maximum atomic E-state index is 12.0. The van der Waals surface area contributed by atoms with Gasteiger partial charge < -0.3 is 15.5 Å². The van der Waals surface area contributed by atoms with Crippen LogP contribution >= 0.6 is 11.6 Å². The van der Waals surface area contributed by atoms with Gasteiger partial charge in [0.25, 0.3) is 0 Å². The molecule has 0 fully saturated rings. The number of carbonyl (C=O) groups is 1. The van der Waals surface area contributed by atoms with Crippen LogP contribution in [0.1, 0.15) is 32.4 Å². The molecule has 0 aliphatic rings.